The molecular weight excluding hydrogens is 220 g/mol. The number of aryl methyl sites for hydroxylation is 2. The van der Waals surface area contributed by atoms with Crippen molar-refractivity contribution in [2.75, 3.05) is 11.9 Å². The topological polar surface area (TPSA) is 42.7 Å². The maximum Gasteiger partial charge on any atom is 0.183 e. The summed E-state index contributed by atoms with van der Waals surface area (Å²) in [6, 6.07) is 0. The highest BCUT2D eigenvalue weighted by Crippen LogP contribution is 2.26. The fourth-order valence-electron chi connectivity index (χ4n) is 1.56. The summed E-state index contributed by atoms with van der Waals surface area (Å²) in [4.78, 5) is 4.55. The zero-order valence-electron chi connectivity index (χ0n) is 9.82. The fourth-order valence-corrected chi connectivity index (χ4v) is 2.30. The molecule has 0 saturated heterocycles. The number of hydrogen-bond acceptors (Lipinski definition) is 4. The van der Waals surface area contributed by atoms with Crippen molar-refractivity contribution in [2.45, 2.75) is 20.3 Å². The third-order valence-electron chi connectivity index (χ3n) is 2.32. The minimum Gasteiger partial charge on any atom is -0.362 e. The van der Waals surface area contributed by atoms with Crippen molar-refractivity contribution in [3.63, 3.8) is 0 Å². The molecule has 2 rings (SSSR count). The van der Waals surface area contributed by atoms with Crippen molar-refractivity contribution < 1.29 is 0 Å². The van der Waals surface area contributed by atoms with Gasteiger partial charge in [0, 0.05) is 30.7 Å². The summed E-state index contributed by atoms with van der Waals surface area (Å²) in [6.45, 7) is 5.12. The van der Waals surface area contributed by atoms with Gasteiger partial charge < -0.3 is 5.32 Å². The van der Waals surface area contributed by atoms with Gasteiger partial charge in [0.15, 0.2) is 5.13 Å². The van der Waals surface area contributed by atoms with Crippen LogP contribution in [0.4, 0.5) is 5.13 Å². The Morgan fingerprint density at radius 2 is 2.31 bits per heavy atom. The van der Waals surface area contributed by atoms with E-state index >= 15 is 0 Å². The van der Waals surface area contributed by atoms with Crippen LogP contribution in [0, 0.1) is 6.92 Å². The molecule has 16 heavy (non-hydrogen) atoms. The first-order chi connectivity index (χ1) is 7.70. The monoisotopic (exact) mass is 236 g/mol. The first-order valence-corrected chi connectivity index (χ1v) is 6.28. The summed E-state index contributed by atoms with van der Waals surface area (Å²) in [5.74, 6) is 0. The van der Waals surface area contributed by atoms with Crippen LogP contribution in [-0.2, 0) is 7.05 Å². The van der Waals surface area contributed by atoms with Gasteiger partial charge in [-0.05, 0) is 13.3 Å². The van der Waals surface area contributed by atoms with Gasteiger partial charge in [0.1, 0.15) is 0 Å². The molecule has 0 aliphatic rings. The molecule has 0 aliphatic carbocycles. The smallest absolute Gasteiger partial charge is 0.183 e. The molecule has 2 aromatic rings. The Hall–Kier alpha value is -1.36. The molecule has 0 atom stereocenters. The zero-order chi connectivity index (χ0) is 11.5. The van der Waals surface area contributed by atoms with Gasteiger partial charge in [-0.15, -0.1) is 11.3 Å². The molecule has 1 N–H and O–H groups in total. The molecule has 0 spiro atoms. The van der Waals surface area contributed by atoms with E-state index in [-0.39, 0.29) is 0 Å². The lowest BCUT2D eigenvalue weighted by Crippen LogP contribution is -1.98. The second-order valence-electron chi connectivity index (χ2n) is 3.77. The lowest BCUT2D eigenvalue weighted by atomic mass is 10.2. The van der Waals surface area contributed by atoms with Crippen LogP contribution in [0.25, 0.3) is 11.3 Å². The van der Waals surface area contributed by atoms with Gasteiger partial charge in [-0.2, -0.15) is 5.10 Å². The zero-order valence-corrected chi connectivity index (χ0v) is 10.6. The van der Waals surface area contributed by atoms with Crippen LogP contribution in [0.2, 0.25) is 0 Å². The second-order valence-corrected chi connectivity index (χ2v) is 4.62. The van der Waals surface area contributed by atoms with E-state index in [1.165, 1.54) is 0 Å². The minimum atomic E-state index is 0.971. The Morgan fingerprint density at radius 3 is 2.94 bits per heavy atom. The molecule has 0 aromatic carbocycles. The maximum absolute atomic E-state index is 4.55. The van der Waals surface area contributed by atoms with Crippen LogP contribution < -0.4 is 5.32 Å². The molecule has 0 unspecified atom stereocenters. The Morgan fingerprint density at radius 1 is 1.50 bits per heavy atom. The number of thiazole rings is 1. The van der Waals surface area contributed by atoms with Crippen molar-refractivity contribution in [3.8, 4) is 11.3 Å². The van der Waals surface area contributed by atoms with Gasteiger partial charge >= 0.3 is 0 Å². The van der Waals surface area contributed by atoms with Crippen LogP contribution in [0.3, 0.4) is 0 Å². The predicted molar refractivity (Wildman–Crippen MR) is 67.8 cm³/mol. The highest BCUT2D eigenvalue weighted by atomic mass is 32.1. The van der Waals surface area contributed by atoms with Gasteiger partial charge in [0.25, 0.3) is 0 Å². The lowest BCUT2D eigenvalue weighted by Gasteiger charge is -1.97. The van der Waals surface area contributed by atoms with E-state index in [0.717, 1.165) is 35.0 Å². The van der Waals surface area contributed by atoms with Crippen molar-refractivity contribution in [2.24, 2.45) is 7.05 Å². The minimum absolute atomic E-state index is 0.971. The molecule has 2 heterocycles. The van der Waals surface area contributed by atoms with E-state index in [9.17, 15) is 0 Å². The van der Waals surface area contributed by atoms with E-state index < -0.39 is 0 Å². The molecule has 4 nitrogen and oxygen atoms in total. The number of rotatable bonds is 4. The van der Waals surface area contributed by atoms with Crippen LogP contribution in [-0.4, -0.2) is 21.3 Å². The highest BCUT2D eigenvalue weighted by molar-refractivity contribution is 7.14. The van der Waals surface area contributed by atoms with Crippen LogP contribution >= 0.6 is 11.3 Å². The van der Waals surface area contributed by atoms with Gasteiger partial charge in [0.2, 0.25) is 0 Å². The maximum atomic E-state index is 4.55. The summed E-state index contributed by atoms with van der Waals surface area (Å²) in [5, 5.41) is 10.7. The van der Waals surface area contributed by atoms with Crippen molar-refractivity contribution in [3.05, 3.63) is 17.3 Å². The van der Waals surface area contributed by atoms with E-state index in [2.05, 4.69) is 27.7 Å². The van der Waals surface area contributed by atoms with E-state index in [4.69, 9.17) is 0 Å². The molecule has 5 heteroatoms. The summed E-state index contributed by atoms with van der Waals surface area (Å²) < 4.78 is 1.82. The van der Waals surface area contributed by atoms with Gasteiger partial charge in [-0.25, -0.2) is 4.98 Å². The average Bonchev–Trinajstić information content (AvgIpc) is 2.82. The van der Waals surface area contributed by atoms with Gasteiger partial charge in [0.05, 0.1) is 11.4 Å². The van der Waals surface area contributed by atoms with Crippen molar-refractivity contribution >= 4 is 16.5 Å². The molecule has 2 aromatic heterocycles. The third-order valence-corrected chi connectivity index (χ3v) is 3.12. The Labute approximate surface area is 99.3 Å². The standard InChI is InChI=1S/C11H16N4S/c1-4-5-12-11-13-10(7-16-11)9-6-15(3)14-8(9)2/h6-7H,4-5H2,1-3H3,(H,12,13). The number of aromatic nitrogens is 3. The fraction of sp³-hybridized carbons (Fsp3) is 0.455. The number of nitrogens with zero attached hydrogens (tertiary/aromatic N) is 3. The Kier molecular flexibility index (Phi) is 3.24. The van der Waals surface area contributed by atoms with E-state index in [0.29, 0.717) is 0 Å². The quantitative estimate of drug-likeness (QED) is 0.887. The highest BCUT2D eigenvalue weighted by Gasteiger charge is 2.09. The molecule has 0 aliphatic heterocycles. The molecule has 0 bridgehead atoms. The number of anilines is 1. The van der Waals surface area contributed by atoms with Crippen molar-refractivity contribution in [1.82, 2.24) is 14.8 Å². The summed E-state index contributed by atoms with van der Waals surface area (Å²) in [7, 11) is 1.93. The Bertz CT molecular complexity index is 472. The van der Waals surface area contributed by atoms with Crippen LogP contribution in [0.15, 0.2) is 11.6 Å². The number of nitrogens with one attached hydrogen (secondary N) is 1. The normalized spacial score (nSPS) is 10.7. The summed E-state index contributed by atoms with van der Waals surface area (Å²) in [6.07, 6.45) is 3.12. The number of hydrogen-bond donors (Lipinski definition) is 1. The first-order valence-electron chi connectivity index (χ1n) is 5.40. The SMILES string of the molecule is CCCNc1nc(-c2cn(C)nc2C)cs1. The molecule has 0 fully saturated rings. The molecule has 0 saturated carbocycles. The first kappa shape index (κ1) is 11.1. The lowest BCUT2D eigenvalue weighted by molar-refractivity contribution is 0.756. The van der Waals surface area contributed by atoms with Gasteiger partial charge in [-0.1, -0.05) is 6.92 Å². The van der Waals surface area contributed by atoms with Crippen LogP contribution in [0.1, 0.15) is 19.0 Å². The van der Waals surface area contributed by atoms with Crippen molar-refractivity contribution in [1.29, 1.82) is 0 Å². The molecule has 86 valence electrons. The third kappa shape index (κ3) is 2.24. The summed E-state index contributed by atoms with van der Waals surface area (Å²) >= 11 is 1.64. The van der Waals surface area contributed by atoms with Crippen LogP contribution in [0.5, 0.6) is 0 Å². The average molecular weight is 236 g/mol. The molecule has 0 radical (unpaired) electrons. The second kappa shape index (κ2) is 4.65. The van der Waals surface area contributed by atoms with E-state index in [1.54, 1.807) is 11.3 Å². The largest absolute Gasteiger partial charge is 0.362 e. The van der Waals surface area contributed by atoms with E-state index in [1.807, 2.05) is 24.9 Å². The molecule has 0 amide bonds. The predicted octanol–water partition coefficient (Wildman–Crippen LogP) is 2.67. The van der Waals surface area contributed by atoms with Gasteiger partial charge in [-0.3, -0.25) is 4.68 Å². The summed E-state index contributed by atoms with van der Waals surface area (Å²) in [5.41, 5.74) is 3.15. The Balaban J connectivity index is 2.21. The molecular formula is C11H16N4S.